The number of carbonyl (C=O) groups is 2. The van der Waals surface area contributed by atoms with Gasteiger partial charge in [-0.1, -0.05) is 20.4 Å². The van der Waals surface area contributed by atoms with Crippen molar-refractivity contribution in [3.63, 3.8) is 0 Å². The highest BCUT2D eigenvalue weighted by Crippen LogP contribution is 2.44. The van der Waals surface area contributed by atoms with Crippen molar-refractivity contribution in [2.45, 2.75) is 126 Å². The van der Waals surface area contributed by atoms with Gasteiger partial charge in [-0.3, -0.25) is 15.0 Å². The van der Waals surface area contributed by atoms with Crippen molar-refractivity contribution in [1.82, 2.24) is 30.7 Å². The average Bonchev–Trinajstić information content (AvgIpc) is 3.06. The summed E-state index contributed by atoms with van der Waals surface area (Å²) < 4.78 is 71.4. The molecule has 0 radical (unpaired) electrons. The van der Waals surface area contributed by atoms with Crippen molar-refractivity contribution < 1.29 is 41.7 Å². The van der Waals surface area contributed by atoms with Gasteiger partial charge in [0.15, 0.2) is 0 Å². The van der Waals surface area contributed by atoms with E-state index in [1.165, 1.54) is 6.08 Å². The van der Waals surface area contributed by atoms with E-state index in [4.69, 9.17) is 9.47 Å². The second kappa shape index (κ2) is 15.3. The molecule has 4 N–H and O–H groups in total. The first-order valence-corrected chi connectivity index (χ1v) is 18.1. The number of carbonyl (C=O) groups excluding carboxylic acids is 2. The number of piperidine rings is 2. The summed E-state index contributed by atoms with van der Waals surface area (Å²) in [5, 5.41) is 22.2. The molecular formula is C34H54F4N6O5. The Morgan fingerprint density at radius 1 is 1.14 bits per heavy atom. The summed E-state index contributed by atoms with van der Waals surface area (Å²) in [6.07, 6.45) is -7.14. The number of amides is 3. The van der Waals surface area contributed by atoms with Crippen LogP contribution < -0.4 is 16.0 Å². The maximum atomic E-state index is 16.7. The number of nitrogens with one attached hydrogen (secondary N) is 3. The minimum absolute atomic E-state index is 0.00434. The van der Waals surface area contributed by atoms with Gasteiger partial charge in [-0.05, 0) is 57.6 Å². The van der Waals surface area contributed by atoms with E-state index < -0.39 is 91.9 Å². The van der Waals surface area contributed by atoms with Gasteiger partial charge in [0.2, 0.25) is 5.91 Å². The van der Waals surface area contributed by atoms with Gasteiger partial charge >= 0.3 is 6.03 Å². The van der Waals surface area contributed by atoms with Crippen LogP contribution in [0.4, 0.5) is 22.4 Å². The van der Waals surface area contributed by atoms with E-state index in [1.807, 2.05) is 20.8 Å². The summed E-state index contributed by atoms with van der Waals surface area (Å²) in [4.78, 5) is 32.5. The molecular weight excluding hydrogens is 648 g/mol. The van der Waals surface area contributed by atoms with Crippen LogP contribution in [0.5, 0.6) is 0 Å². The summed E-state index contributed by atoms with van der Waals surface area (Å²) in [5.41, 5.74) is 0. The molecule has 11 nitrogen and oxygen atoms in total. The van der Waals surface area contributed by atoms with Gasteiger partial charge in [-0.2, -0.15) is 0 Å². The largest absolute Gasteiger partial charge is 0.390 e. The number of aliphatic hydroxyl groups is 1. The van der Waals surface area contributed by atoms with Crippen LogP contribution in [0.2, 0.25) is 0 Å². The molecule has 3 amide bonds. The minimum Gasteiger partial charge on any atom is -0.390 e. The van der Waals surface area contributed by atoms with Crippen LogP contribution in [0.15, 0.2) is 12.7 Å². The molecule has 0 aromatic carbocycles. The number of ether oxygens (including phenoxy) is 2. The lowest BCUT2D eigenvalue weighted by atomic mass is 9.71. The van der Waals surface area contributed by atoms with Crippen molar-refractivity contribution in [2.24, 2.45) is 23.7 Å². The highest BCUT2D eigenvalue weighted by atomic mass is 19.3. The highest BCUT2D eigenvalue weighted by Gasteiger charge is 2.59. The molecule has 13 unspecified atom stereocenters. The van der Waals surface area contributed by atoms with Crippen molar-refractivity contribution in [1.29, 1.82) is 0 Å². The topological polar surface area (TPSA) is 119 Å². The summed E-state index contributed by atoms with van der Waals surface area (Å²) >= 11 is 0. The fourth-order valence-corrected chi connectivity index (χ4v) is 9.77. The van der Waals surface area contributed by atoms with Gasteiger partial charge in [-0.25, -0.2) is 22.4 Å². The average molecular weight is 703 g/mol. The van der Waals surface area contributed by atoms with Crippen molar-refractivity contribution in [3.8, 4) is 0 Å². The van der Waals surface area contributed by atoms with Crippen molar-refractivity contribution >= 4 is 11.9 Å². The number of fused-ring (bicyclic) bond motifs is 5. The number of hydrogen-bond donors (Lipinski definition) is 4. The summed E-state index contributed by atoms with van der Waals surface area (Å²) in [7, 11) is 0. The van der Waals surface area contributed by atoms with E-state index in [9.17, 15) is 23.5 Å². The second-order valence-electron chi connectivity index (χ2n) is 15.2. The molecule has 1 aliphatic carbocycles. The lowest BCUT2D eigenvalue weighted by molar-refractivity contribution is -0.173. The lowest BCUT2D eigenvalue weighted by Gasteiger charge is -2.60. The number of hydrogen-bond acceptors (Lipinski definition) is 8. The lowest BCUT2D eigenvalue weighted by Crippen LogP contribution is -2.80. The molecule has 5 saturated heterocycles. The monoisotopic (exact) mass is 702 g/mol. The summed E-state index contributed by atoms with van der Waals surface area (Å²) in [6, 6.07) is -2.47. The van der Waals surface area contributed by atoms with E-state index in [0.717, 1.165) is 0 Å². The maximum Gasteiger partial charge on any atom is 0.320 e. The molecule has 6 fully saturated rings. The van der Waals surface area contributed by atoms with E-state index in [0.29, 0.717) is 45.4 Å². The first-order valence-electron chi connectivity index (χ1n) is 18.1. The van der Waals surface area contributed by atoms with Crippen LogP contribution >= 0.6 is 0 Å². The van der Waals surface area contributed by atoms with Gasteiger partial charge in [0.1, 0.15) is 25.1 Å². The standard InChI is InChI=1S/C34H54F4N6O5/c1-5-26(45)42-11-12-43(18(4)14-42)32-20-13-22(36)29-27-21(35)7-6-8-23(27)48-15-24(49-16-25(37)38)31(46)19-9-10-39-28(17(2)3)30(19)44(33(20)40-29)34(47)41-32/h5,17-25,27-33,39-40,46H,1,6-16H2,2-4H3,(H,41,47)/t18-,19?,20?,21?,22?,23?,24?,27?,28?,29?,30?,31?,32?,33?/m0/s1. The molecule has 6 aliphatic rings. The van der Waals surface area contributed by atoms with Crippen LogP contribution in [0.1, 0.15) is 52.9 Å². The molecule has 15 heteroatoms. The number of piperazine rings is 1. The van der Waals surface area contributed by atoms with Crippen LogP contribution in [-0.4, -0.2) is 145 Å². The van der Waals surface area contributed by atoms with Gasteiger partial charge in [0, 0.05) is 55.5 Å². The molecule has 0 aromatic heterocycles. The number of alkyl halides is 4. The zero-order chi connectivity index (χ0) is 35.1. The van der Waals surface area contributed by atoms with Gasteiger partial charge in [0.05, 0.1) is 37.2 Å². The van der Waals surface area contributed by atoms with E-state index in [-0.39, 0.29) is 43.4 Å². The molecule has 5 heterocycles. The third-order valence-electron chi connectivity index (χ3n) is 12.1. The molecule has 2 bridgehead atoms. The van der Waals surface area contributed by atoms with Crippen LogP contribution in [0.3, 0.4) is 0 Å². The van der Waals surface area contributed by atoms with Crippen LogP contribution in [0.25, 0.3) is 0 Å². The number of aliphatic hydroxyl groups excluding tert-OH is 1. The SMILES string of the molecule is C=CC(=O)N1CCN(C2NC(=O)N3C4NC(C(F)CC42)C2C(F)CCCC2OCC(OCC(F)F)C(O)C2CCNC(C(C)C)C23)[C@@H](C)C1. The molecule has 14 atom stereocenters. The molecule has 0 spiro atoms. The fraction of sp³-hybridized carbons (Fsp3) is 0.882. The Balaban J connectivity index is 1.42. The van der Waals surface area contributed by atoms with Gasteiger partial charge in [0.25, 0.3) is 6.43 Å². The molecule has 6 rings (SSSR count). The Kier molecular flexibility index (Phi) is 11.5. The summed E-state index contributed by atoms with van der Waals surface area (Å²) in [6.45, 7) is 10.2. The van der Waals surface area contributed by atoms with Gasteiger partial charge in [-0.15, -0.1) is 0 Å². The van der Waals surface area contributed by atoms with Gasteiger partial charge < -0.3 is 35.0 Å². The summed E-state index contributed by atoms with van der Waals surface area (Å²) in [5.74, 6) is -2.14. The second-order valence-corrected chi connectivity index (χ2v) is 15.2. The molecule has 278 valence electrons. The molecule has 0 aromatic rings. The predicted octanol–water partition coefficient (Wildman–Crippen LogP) is 2.25. The third-order valence-corrected chi connectivity index (χ3v) is 12.1. The Hall–Kier alpha value is -2.04. The van der Waals surface area contributed by atoms with E-state index >= 15 is 8.78 Å². The number of rotatable bonds is 6. The fourth-order valence-electron chi connectivity index (χ4n) is 9.77. The first-order chi connectivity index (χ1) is 23.4. The predicted molar refractivity (Wildman–Crippen MR) is 173 cm³/mol. The molecule has 1 saturated carbocycles. The zero-order valence-corrected chi connectivity index (χ0v) is 28.7. The Morgan fingerprint density at radius 2 is 1.92 bits per heavy atom. The Bertz CT molecular complexity index is 1190. The van der Waals surface area contributed by atoms with Crippen molar-refractivity contribution in [2.75, 3.05) is 39.4 Å². The van der Waals surface area contributed by atoms with E-state index in [2.05, 4.69) is 27.4 Å². The Morgan fingerprint density at radius 3 is 2.61 bits per heavy atom. The van der Waals surface area contributed by atoms with E-state index in [1.54, 1.807) is 9.80 Å². The maximum absolute atomic E-state index is 16.7. The third kappa shape index (κ3) is 7.21. The quantitative estimate of drug-likeness (QED) is 0.246. The normalized spacial score (nSPS) is 43.6. The smallest absolute Gasteiger partial charge is 0.320 e. The van der Waals surface area contributed by atoms with Crippen molar-refractivity contribution in [3.05, 3.63) is 12.7 Å². The highest BCUT2D eigenvalue weighted by molar-refractivity contribution is 5.87. The molecule has 5 aliphatic heterocycles. The minimum atomic E-state index is -2.78. The number of halogens is 4. The number of urea groups is 1. The zero-order valence-electron chi connectivity index (χ0n) is 28.7. The molecule has 49 heavy (non-hydrogen) atoms. The van der Waals surface area contributed by atoms with Crippen LogP contribution in [0, 0.1) is 23.7 Å². The Labute approximate surface area is 286 Å². The first kappa shape index (κ1) is 36.7. The van der Waals surface area contributed by atoms with Crippen LogP contribution in [-0.2, 0) is 14.3 Å². The number of nitrogens with zero attached hydrogens (tertiary/aromatic N) is 3.